The Bertz CT molecular complexity index is 460. The topological polar surface area (TPSA) is 33.7 Å². The van der Waals surface area contributed by atoms with Gasteiger partial charge in [-0.2, -0.15) is 0 Å². The van der Waals surface area contributed by atoms with Crippen LogP contribution in [0.5, 0.6) is 11.5 Å². The molecule has 1 N–H and O–H groups in total. The molecule has 4 nitrogen and oxygen atoms in total. The molecule has 1 atom stereocenters. The summed E-state index contributed by atoms with van der Waals surface area (Å²) in [6.07, 6.45) is 2.40. The molecule has 1 aliphatic rings. The molecule has 0 aliphatic carbocycles. The minimum absolute atomic E-state index is 0.276. The molecule has 0 aromatic heterocycles. The predicted octanol–water partition coefficient (Wildman–Crippen LogP) is 2.45. The van der Waals surface area contributed by atoms with E-state index < -0.39 is 0 Å². The fourth-order valence-electron chi connectivity index (χ4n) is 2.65. The van der Waals surface area contributed by atoms with Gasteiger partial charge in [-0.3, -0.25) is 0 Å². The molecule has 0 radical (unpaired) electrons. The van der Waals surface area contributed by atoms with E-state index in [9.17, 15) is 0 Å². The van der Waals surface area contributed by atoms with Crippen LogP contribution in [0.3, 0.4) is 0 Å². The van der Waals surface area contributed by atoms with E-state index in [1.165, 1.54) is 11.1 Å². The Hall–Kier alpha value is -1.26. The van der Waals surface area contributed by atoms with E-state index in [1.54, 1.807) is 0 Å². The van der Waals surface area contributed by atoms with Crippen molar-refractivity contribution in [2.45, 2.75) is 39.3 Å². The van der Waals surface area contributed by atoms with Gasteiger partial charge in [-0.1, -0.05) is 0 Å². The van der Waals surface area contributed by atoms with Gasteiger partial charge in [0.2, 0.25) is 0 Å². The summed E-state index contributed by atoms with van der Waals surface area (Å²) in [5.74, 6) is 2.02. The van der Waals surface area contributed by atoms with E-state index in [4.69, 9.17) is 9.47 Å². The Kier molecular flexibility index (Phi) is 5.88. The van der Waals surface area contributed by atoms with Gasteiger partial charge in [-0.25, -0.2) is 0 Å². The molecule has 0 amide bonds. The third kappa shape index (κ3) is 4.61. The summed E-state index contributed by atoms with van der Waals surface area (Å²) < 4.78 is 11.6. The third-order valence-corrected chi connectivity index (χ3v) is 3.65. The highest BCUT2D eigenvalue weighted by Gasteiger charge is 2.21. The van der Waals surface area contributed by atoms with E-state index in [0.29, 0.717) is 6.61 Å². The molecule has 21 heavy (non-hydrogen) atoms. The molecule has 1 unspecified atom stereocenters. The second kappa shape index (κ2) is 7.66. The third-order valence-electron chi connectivity index (χ3n) is 3.65. The lowest BCUT2D eigenvalue weighted by atomic mass is 10.1. The first-order valence-corrected chi connectivity index (χ1v) is 7.90. The first-order valence-electron chi connectivity index (χ1n) is 7.90. The number of rotatable bonds is 8. The zero-order valence-corrected chi connectivity index (χ0v) is 13.7. The summed E-state index contributed by atoms with van der Waals surface area (Å²) in [7, 11) is 4.21. The molecule has 0 bridgehead atoms. The Labute approximate surface area is 128 Å². The highest BCUT2D eigenvalue weighted by molar-refractivity contribution is 5.48. The Morgan fingerprint density at radius 3 is 2.90 bits per heavy atom. The zero-order chi connectivity index (χ0) is 15.2. The maximum absolute atomic E-state index is 5.85. The van der Waals surface area contributed by atoms with Gasteiger partial charge in [0.05, 0.1) is 6.61 Å². The first kappa shape index (κ1) is 16.1. The Balaban J connectivity index is 1.96. The molecule has 1 aromatic carbocycles. The molecule has 0 saturated carbocycles. The average molecular weight is 292 g/mol. The number of nitrogens with one attached hydrogen (secondary N) is 1. The maximum atomic E-state index is 5.85. The van der Waals surface area contributed by atoms with Crippen LogP contribution in [0.4, 0.5) is 0 Å². The van der Waals surface area contributed by atoms with Crippen LogP contribution in [0.1, 0.15) is 31.4 Å². The van der Waals surface area contributed by atoms with Crippen LogP contribution in [-0.2, 0) is 13.0 Å². The average Bonchev–Trinajstić information content (AvgIpc) is 2.77. The molecule has 2 rings (SSSR count). The monoisotopic (exact) mass is 292 g/mol. The molecule has 1 aliphatic heterocycles. The maximum Gasteiger partial charge on any atom is 0.124 e. The van der Waals surface area contributed by atoms with E-state index >= 15 is 0 Å². The number of benzene rings is 1. The van der Waals surface area contributed by atoms with Gasteiger partial charge in [0.15, 0.2) is 0 Å². The molecule has 1 aromatic rings. The quantitative estimate of drug-likeness (QED) is 0.746. The molecule has 0 saturated heterocycles. The molecule has 0 spiro atoms. The largest absolute Gasteiger partial charge is 0.494 e. The summed E-state index contributed by atoms with van der Waals surface area (Å²) in [5.41, 5.74) is 2.46. The SMILES string of the molecule is CCOc1cc2c(cc1CNCCCN(C)C)OC(C)C2. The lowest BCUT2D eigenvalue weighted by Crippen LogP contribution is -2.21. The van der Waals surface area contributed by atoms with Crippen molar-refractivity contribution in [3.8, 4) is 11.5 Å². The zero-order valence-electron chi connectivity index (χ0n) is 13.7. The van der Waals surface area contributed by atoms with E-state index in [2.05, 4.69) is 43.4 Å². The lowest BCUT2D eigenvalue weighted by molar-refractivity contribution is 0.254. The predicted molar refractivity (Wildman–Crippen MR) is 86.3 cm³/mol. The van der Waals surface area contributed by atoms with E-state index in [1.807, 2.05) is 6.92 Å². The van der Waals surface area contributed by atoms with Crippen LogP contribution >= 0.6 is 0 Å². The molecule has 4 heteroatoms. The summed E-state index contributed by atoms with van der Waals surface area (Å²) in [5, 5.41) is 3.50. The second-order valence-corrected chi connectivity index (χ2v) is 5.97. The fraction of sp³-hybridized carbons (Fsp3) is 0.647. The number of hydrogen-bond donors (Lipinski definition) is 1. The summed E-state index contributed by atoms with van der Waals surface area (Å²) in [6, 6.07) is 4.29. The Morgan fingerprint density at radius 1 is 1.38 bits per heavy atom. The number of nitrogens with zero attached hydrogens (tertiary/aromatic N) is 1. The van der Waals surface area contributed by atoms with Gasteiger partial charge in [0.1, 0.15) is 17.6 Å². The van der Waals surface area contributed by atoms with Crippen molar-refractivity contribution in [1.82, 2.24) is 10.2 Å². The number of ether oxygens (including phenoxy) is 2. The number of fused-ring (bicyclic) bond motifs is 1. The first-order chi connectivity index (χ1) is 10.1. The highest BCUT2D eigenvalue weighted by Crippen LogP contribution is 2.35. The van der Waals surface area contributed by atoms with Crippen molar-refractivity contribution in [1.29, 1.82) is 0 Å². The molecular formula is C17H28N2O2. The van der Waals surface area contributed by atoms with Crippen LogP contribution < -0.4 is 14.8 Å². The van der Waals surface area contributed by atoms with E-state index in [-0.39, 0.29) is 6.10 Å². The molecular weight excluding hydrogens is 264 g/mol. The van der Waals surface area contributed by atoms with E-state index in [0.717, 1.165) is 44.0 Å². The van der Waals surface area contributed by atoms with Crippen LogP contribution in [0.25, 0.3) is 0 Å². The lowest BCUT2D eigenvalue weighted by Gasteiger charge is -2.14. The van der Waals surface area contributed by atoms with Crippen LogP contribution in [0, 0.1) is 0 Å². The van der Waals surface area contributed by atoms with Crippen molar-refractivity contribution >= 4 is 0 Å². The number of hydrogen-bond acceptors (Lipinski definition) is 4. The molecule has 118 valence electrons. The van der Waals surface area contributed by atoms with Crippen LogP contribution in [0.15, 0.2) is 12.1 Å². The van der Waals surface area contributed by atoms with Gasteiger partial charge in [-0.15, -0.1) is 0 Å². The van der Waals surface area contributed by atoms with Gasteiger partial charge >= 0.3 is 0 Å². The smallest absolute Gasteiger partial charge is 0.124 e. The second-order valence-electron chi connectivity index (χ2n) is 5.97. The normalized spacial score (nSPS) is 16.9. The van der Waals surface area contributed by atoms with Crippen molar-refractivity contribution in [3.05, 3.63) is 23.3 Å². The summed E-state index contributed by atoms with van der Waals surface area (Å²) in [6.45, 7) is 7.78. The van der Waals surface area contributed by atoms with Crippen molar-refractivity contribution in [2.24, 2.45) is 0 Å². The van der Waals surface area contributed by atoms with Crippen molar-refractivity contribution < 1.29 is 9.47 Å². The van der Waals surface area contributed by atoms with Gasteiger partial charge < -0.3 is 19.7 Å². The Morgan fingerprint density at radius 2 is 2.19 bits per heavy atom. The van der Waals surface area contributed by atoms with Crippen molar-refractivity contribution in [3.63, 3.8) is 0 Å². The van der Waals surface area contributed by atoms with Crippen LogP contribution in [0.2, 0.25) is 0 Å². The van der Waals surface area contributed by atoms with Crippen molar-refractivity contribution in [2.75, 3.05) is 33.8 Å². The van der Waals surface area contributed by atoms with Gasteiger partial charge in [0, 0.05) is 24.1 Å². The van der Waals surface area contributed by atoms with Gasteiger partial charge in [0.25, 0.3) is 0 Å². The van der Waals surface area contributed by atoms with Crippen LogP contribution in [-0.4, -0.2) is 44.8 Å². The summed E-state index contributed by atoms with van der Waals surface area (Å²) in [4.78, 5) is 2.21. The summed E-state index contributed by atoms with van der Waals surface area (Å²) >= 11 is 0. The molecule has 1 heterocycles. The van der Waals surface area contributed by atoms with Gasteiger partial charge in [-0.05, 0) is 59.6 Å². The fourth-order valence-corrected chi connectivity index (χ4v) is 2.65. The molecule has 0 fully saturated rings. The minimum Gasteiger partial charge on any atom is -0.494 e. The standard InChI is InChI=1S/C17H28N2O2/c1-5-20-16-10-14-9-13(2)21-17(14)11-15(16)12-18-7-6-8-19(3)4/h10-11,13,18H,5-9,12H2,1-4H3. The highest BCUT2D eigenvalue weighted by atomic mass is 16.5. The minimum atomic E-state index is 0.276.